The molecule has 2 rings (SSSR count). The molecule has 1 aromatic carbocycles. The Morgan fingerprint density at radius 3 is 2.94 bits per heavy atom. The van der Waals surface area contributed by atoms with Gasteiger partial charge in [0.2, 0.25) is 5.91 Å². The van der Waals surface area contributed by atoms with E-state index in [2.05, 4.69) is 4.98 Å². The lowest BCUT2D eigenvalue weighted by Gasteiger charge is -2.09. The Morgan fingerprint density at radius 1 is 1.39 bits per heavy atom. The lowest BCUT2D eigenvalue weighted by atomic mass is 10.1. The third kappa shape index (κ3) is 2.97. The number of rotatable bonds is 5. The molecular weight excluding hydrogens is 228 g/mol. The summed E-state index contributed by atoms with van der Waals surface area (Å²) in [6.45, 7) is 2.58. The third-order valence-corrected chi connectivity index (χ3v) is 2.67. The lowest BCUT2D eigenvalue weighted by Crippen LogP contribution is -2.09. The van der Waals surface area contributed by atoms with E-state index in [-0.39, 0.29) is 5.91 Å². The zero-order chi connectivity index (χ0) is 12.8. The molecule has 0 aliphatic rings. The number of para-hydroxylation sites is 1. The summed E-state index contributed by atoms with van der Waals surface area (Å²) >= 11 is 0. The molecule has 0 saturated heterocycles. The topological polar surface area (TPSA) is 44.1 Å². The fourth-order valence-corrected chi connectivity index (χ4v) is 1.78. The van der Waals surface area contributed by atoms with Crippen molar-refractivity contribution in [3.05, 3.63) is 48.5 Å². The van der Waals surface area contributed by atoms with Crippen LogP contribution in [0.2, 0.25) is 0 Å². The summed E-state index contributed by atoms with van der Waals surface area (Å²) in [5.41, 5.74) is 1.06. The van der Waals surface area contributed by atoms with Crippen LogP contribution < -0.4 is 4.74 Å². The smallest absolute Gasteiger partial charge is 0.232 e. The van der Waals surface area contributed by atoms with Gasteiger partial charge in [0.15, 0.2) is 0 Å². The van der Waals surface area contributed by atoms with E-state index < -0.39 is 0 Å². The molecule has 4 nitrogen and oxygen atoms in total. The average Bonchev–Trinajstić information content (AvgIpc) is 2.92. The molecule has 0 spiro atoms. The van der Waals surface area contributed by atoms with Gasteiger partial charge < -0.3 is 4.74 Å². The highest BCUT2D eigenvalue weighted by Gasteiger charge is 2.07. The molecule has 0 radical (unpaired) electrons. The van der Waals surface area contributed by atoms with Gasteiger partial charge in [-0.25, -0.2) is 4.98 Å². The van der Waals surface area contributed by atoms with Crippen molar-refractivity contribution in [2.24, 2.45) is 0 Å². The molecule has 0 bridgehead atoms. The largest absolute Gasteiger partial charge is 0.494 e. The number of hydrogen-bond acceptors (Lipinski definition) is 3. The van der Waals surface area contributed by atoms with E-state index in [4.69, 9.17) is 4.74 Å². The van der Waals surface area contributed by atoms with E-state index in [0.717, 1.165) is 11.3 Å². The van der Waals surface area contributed by atoms with Gasteiger partial charge in [-0.1, -0.05) is 18.2 Å². The van der Waals surface area contributed by atoms with Crippen LogP contribution in [0.25, 0.3) is 0 Å². The molecule has 0 aliphatic carbocycles. The third-order valence-electron chi connectivity index (χ3n) is 2.67. The molecular formula is C14H16N2O2. The maximum Gasteiger partial charge on any atom is 0.232 e. The molecule has 0 N–H and O–H groups in total. The molecule has 0 amide bonds. The number of hydrogen-bond donors (Lipinski definition) is 0. The highest BCUT2D eigenvalue weighted by atomic mass is 16.5. The van der Waals surface area contributed by atoms with Crippen molar-refractivity contribution in [1.82, 2.24) is 9.55 Å². The standard InChI is InChI=1S/C14H16N2O2/c1-2-18-13-6-4-3-5-12(13)7-8-14(17)16-10-9-15-11-16/h3-6,9-11H,2,7-8H2,1H3. The molecule has 1 heterocycles. The van der Waals surface area contributed by atoms with E-state index in [0.29, 0.717) is 19.4 Å². The number of aryl methyl sites for hydroxylation is 1. The van der Waals surface area contributed by atoms with Gasteiger partial charge in [0.1, 0.15) is 12.1 Å². The highest BCUT2D eigenvalue weighted by molar-refractivity contribution is 5.78. The van der Waals surface area contributed by atoms with Crippen LogP contribution in [0, 0.1) is 0 Å². The van der Waals surface area contributed by atoms with E-state index in [1.54, 1.807) is 12.4 Å². The molecule has 0 fully saturated rings. The van der Waals surface area contributed by atoms with Gasteiger partial charge in [-0.15, -0.1) is 0 Å². The van der Waals surface area contributed by atoms with Crippen molar-refractivity contribution < 1.29 is 9.53 Å². The maximum atomic E-state index is 11.8. The van der Waals surface area contributed by atoms with E-state index in [9.17, 15) is 4.79 Å². The Labute approximate surface area is 106 Å². The molecule has 18 heavy (non-hydrogen) atoms. The minimum Gasteiger partial charge on any atom is -0.494 e. The summed E-state index contributed by atoms with van der Waals surface area (Å²) in [6.07, 6.45) is 5.91. The van der Waals surface area contributed by atoms with Gasteiger partial charge in [0, 0.05) is 18.8 Å². The molecule has 94 valence electrons. The van der Waals surface area contributed by atoms with Crippen LogP contribution in [-0.2, 0) is 6.42 Å². The first-order valence-corrected chi connectivity index (χ1v) is 6.03. The van der Waals surface area contributed by atoms with Crippen LogP contribution in [-0.4, -0.2) is 22.1 Å². The van der Waals surface area contributed by atoms with Crippen molar-refractivity contribution in [2.75, 3.05) is 6.61 Å². The predicted octanol–water partition coefficient (Wildman–Crippen LogP) is 2.55. The Balaban J connectivity index is 2.00. The van der Waals surface area contributed by atoms with Crippen molar-refractivity contribution in [1.29, 1.82) is 0 Å². The molecule has 0 aliphatic heterocycles. The second-order valence-corrected chi connectivity index (χ2v) is 3.90. The molecule has 1 aromatic heterocycles. The quantitative estimate of drug-likeness (QED) is 0.812. The van der Waals surface area contributed by atoms with E-state index in [1.165, 1.54) is 10.9 Å². The lowest BCUT2D eigenvalue weighted by molar-refractivity contribution is 0.0902. The van der Waals surface area contributed by atoms with Crippen molar-refractivity contribution in [3.63, 3.8) is 0 Å². The van der Waals surface area contributed by atoms with Crippen LogP contribution in [0.5, 0.6) is 5.75 Å². The Hall–Kier alpha value is -2.10. The van der Waals surface area contributed by atoms with Crippen molar-refractivity contribution in [3.8, 4) is 5.75 Å². The van der Waals surface area contributed by atoms with E-state index in [1.807, 2.05) is 31.2 Å². The first kappa shape index (κ1) is 12.4. The first-order chi connectivity index (χ1) is 8.81. The predicted molar refractivity (Wildman–Crippen MR) is 68.8 cm³/mol. The highest BCUT2D eigenvalue weighted by Crippen LogP contribution is 2.19. The zero-order valence-electron chi connectivity index (χ0n) is 10.4. The fourth-order valence-electron chi connectivity index (χ4n) is 1.78. The number of aromatic nitrogens is 2. The first-order valence-electron chi connectivity index (χ1n) is 6.03. The number of imidazole rings is 1. The Bertz CT molecular complexity index is 506. The Kier molecular flexibility index (Phi) is 4.12. The second kappa shape index (κ2) is 6.00. The fraction of sp³-hybridized carbons (Fsp3) is 0.286. The van der Waals surface area contributed by atoms with Crippen LogP contribution in [0.15, 0.2) is 43.0 Å². The van der Waals surface area contributed by atoms with Crippen molar-refractivity contribution in [2.45, 2.75) is 19.8 Å². The van der Waals surface area contributed by atoms with Gasteiger partial charge in [0.25, 0.3) is 0 Å². The summed E-state index contributed by atoms with van der Waals surface area (Å²) in [7, 11) is 0. The van der Waals surface area contributed by atoms with E-state index >= 15 is 0 Å². The molecule has 0 saturated carbocycles. The van der Waals surface area contributed by atoms with Gasteiger partial charge >= 0.3 is 0 Å². The van der Waals surface area contributed by atoms with Crippen LogP contribution in [0.3, 0.4) is 0 Å². The summed E-state index contributed by atoms with van der Waals surface area (Å²) in [6, 6.07) is 7.82. The number of ether oxygens (including phenoxy) is 1. The number of nitrogens with zero attached hydrogens (tertiary/aromatic N) is 2. The normalized spacial score (nSPS) is 10.3. The molecule has 0 unspecified atom stereocenters. The number of benzene rings is 1. The second-order valence-electron chi connectivity index (χ2n) is 3.90. The summed E-state index contributed by atoms with van der Waals surface area (Å²) in [4.78, 5) is 15.7. The summed E-state index contributed by atoms with van der Waals surface area (Å²) < 4.78 is 7.03. The average molecular weight is 244 g/mol. The van der Waals surface area contributed by atoms with Gasteiger partial charge in [0.05, 0.1) is 6.61 Å². The molecule has 0 atom stereocenters. The van der Waals surface area contributed by atoms with Gasteiger partial charge in [-0.3, -0.25) is 9.36 Å². The SMILES string of the molecule is CCOc1ccccc1CCC(=O)n1ccnc1. The van der Waals surface area contributed by atoms with Crippen LogP contribution in [0.1, 0.15) is 23.7 Å². The maximum absolute atomic E-state index is 11.8. The van der Waals surface area contributed by atoms with Crippen LogP contribution >= 0.6 is 0 Å². The van der Waals surface area contributed by atoms with Gasteiger partial charge in [-0.2, -0.15) is 0 Å². The molecule has 4 heteroatoms. The van der Waals surface area contributed by atoms with Crippen molar-refractivity contribution >= 4 is 5.91 Å². The monoisotopic (exact) mass is 244 g/mol. The van der Waals surface area contributed by atoms with Gasteiger partial charge in [-0.05, 0) is 25.0 Å². The minimum atomic E-state index is 0.0406. The summed E-state index contributed by atoms with van der Waals surface area (Å²) in [5.74, 6) is 0.900. The summed E-state index contributed by atoms with van der Waals surface area (Å²) in [5, 5.41) is 0. The zero-order valence-corrected chi connectivity index (χ0v) is 10.4. The molecule has 2 aromatic rings. The minimum absolute atomic E-state index is 0.0406. The number of carbonyl (C=O) groups is 1. The van der Waals surface area contributed by atoms with Crippen LogP contribution in [0.4, 0.5) is 0 Å². The Morgan fingerprint density at radius 2 is 2.22 bits per heavy atom. The number of carbonyl (C=O) groups excluding carboxylic acids is 1.